The Morgan fingerprint density at radius 1 is 1.17 bits per heavy atom. The highest BCUT2D eigenvalue weighted by atomic mass is 15.0. The van der Waals surface area contributed by atoms with Crippen LogP contribution in [0.15, 0.2) is 36.4 Å². The summed E-state index contributed by atoms with van der Waals surface area (Å²) in [5, 5.41) is 3.27. The van der Waals surface area contributed by atoms with Crippen molar-refractivity contribution in [3.8, 4) is 11.3 Å². The molecule has 0 amide bonds. The average Bonchev–Trinajstić information content (AvgIpc) is 2.39. The molecule has 0 aliphatic rings. The minimum absolute atomic E-state index is 0.683. The van der Waals surface area contributed by atoms with Crippen molar-refractivity contribution >= 4 is 5.82 Å². The lowest BCUT2D eigenvalue weighted by Gasteiger charge is -2.08. The zero-order valence-electron chi connectivity index (χ0n) is 10.6. The molecule has 0 saturated carbocycles. The van der Waals surface area contributed by atoms with E-state index in [2.05, 4.69) is 15.3 Å². The molecule has 0 radical (unpaired) electrons. The molecule has 94 valence electrons. The van der Waals surface area contributed by atoms with Crippen LogP contribution in [0.3, 0.4) is 0 Å². The summed E-state index contributed by atoms with van der Waals surface area (Å²) in [6.07, 6.45) is 0.934. The number of benzene rings is 1. The van der Waals surface area contributed by atoms with Crippen molar-refractivity contribution in [3.05, 3.63) is 42.2 Å². The Hall–Kier alpha value is -1.94. The highest BCUT2D eigenvalue weighted by molar-refractivity contribution is 5.62. The first-order valence-electron chi connectivity index (χ1n) is 6.14. The van der Waals surface area contributed by atoms with E-state index in [0.29, 0.717) is 6.54 Å². The van der Waals surface area contributed by atoms with E-state index in [-0.39, 0.29) is 0 Å². The minimum atomic E-state index is 0.683. The van der Waals surface area contributed by atoms with Crippen LogP contribution in [-0.4, -0.2) is 23.1 Å². The van der Waals surface area contributed by atoms with E-state index < -0.39 is 0 Å². The van der Waals surface area contributed by atoms with Gasteiger partial charge in [-0.05, 0) is 19.9 Å². The van der Waals surface area contributed by atoms with Gasteiger partial charge in [-0.2, -0.15) is 0 Å². The van der Waals surface area contributed by atoms with Gasteiger partial charge in [0, 0.05) is 18.2 Å². The van der Waals surface area contributed by atoms with Crippen LogP contribution < -0.4 is 11.1 Å². The van der Waals surface area contributed by atoms with Gasteiger partial charge in [-0.15, -0.1) is 0 Å². The van der Waals surface area contributed by atoms with Crippen LogP contribution in [0.4, 0.5) is 5.82 Å². The van der Waals surface area contributed by atoms with E-state index in [0.717, 1.165) is 35.9 Å². The van der Waals surface area contributed by atoms with Gasteiger partial charge in [-0.1, -0.05) is 30.3 Å². The molecule has 1 aromatic heterocycles. The molecule has 2 rings (SSSR count). The maximum absolute atomic E-state index is 5.47. The van der Waals surface area contributed by atoms with E-state index in [1.54, 1.807) is 0 Å². The zero-order chi connectivity index (χ0) is 12.8. The molecule has 0 saturated heterocycles. The smallest absolute Gasteiger partial charge is 0.130 e. The number of hydrogen-bond acceptors (Lipinski definition) is 4. The molecule has 0 atom stereocenters. The number of anilines is 1. The van der Waals surface area contributed by atoms with Gasteiger partial charge < -0.3 is 11.1 Å². The highest BCUT2D eigenvalue weighted by Gasteiger charge is 2.03. The van der Waals surface area contributed by atoms with Crippen molar-refractivity contribution in [2.45, 2.75) is 13.3 Å². The van der Waals surface area contributed by atoms with Crippen LogP contribution in [0.2, 0.25) is 0 Å². The monoisotopic (exact) mass is 242 g/mol. The van der Waals surface area contributed by atoms with Gasteiger partial charge >= 0.3 is 0 Å². The molecule has 0 aliphatic heterocycles. The number of aryl methyl sites for hydroxylation is 1. The van der Waals surface area contributed by atoms with Crippen molar-refractivity contribution in [1.29, 1.82) is 0 Å². The Balaban J connectivity index is 2.21. The molecule has 3 N–H and O–H groups in total. The number of rotatable bonds is 5. The molecular weight excluding hydrogens is 224 g/mol. The maximum Gasteiger partial charge on any atom is 0.130 e. The lowest BCUT2D eigenvalue weighted by Crippen LogP contribution is -2.10. The molecule has 0 aliphatic carbocycles. The summed E-state index contributed by atoms with van der Waals surface area (Å²) < 4.78 is 0. The second-order valence-corrected chi connectivity index (χ2v) is 4.12. The second-order valence-electron chi connectivity index (χ2n) is 4.12. The fourth-order valence-corrected chi connectivity index (χ4v) is 1.73. The number of nitrogens with zero attached hydrogens (tertiary/aromatic N) is 2. The summed E-state index contributed by atoms with van der Waals surface area (Å²) in [6, 6.07) is 12.1. The molecule has 0 bridgehead atoms. The predicted molar refractivity (Wildman–Crippen MR) is 74.4 cm³/mol. The van der Waals surface area contributed by atoms with Crippen molar-refractivity contribution in [3.63, 3.8) is 0 Å². The van der Waals surface area contributed by atoms with E-state index >= 15 is 0 Å². The lowest BCUT2D eigenvalue weighted by molar-refractivity contribution is 0.867. The Morgan fingerprint density at radius 3 is 2.67 bits per heavy atom. The number of hydrogen-bond donors (Lipinski definition) is 2. The summed E-state index contributed by atoms with van der Waals surface area (Å²) in [5.41, 5.74) is 7.52. The standard InChI is InChI=1S/C14H18N4/c1-11-17-13(12-6-3-2-4-7-12)10-14(18-11)16-9-5-8-15/h2-4,6-7,10H,5,8-9,15H2,1H3,(H,16,17,18). The number of nitrogens with one attached hydrogen (secondary N) is 1. The summed E-state index contributed by atoms with van der Waals surface area (Å²) in [7, 11) is 0. The third-order valence-electron chi connectivity index (χ3n) is 2.59. The van der Waals surface area contributed by atoms with E-state index in [1.165, 1.54) is 0 Å². The predicted octanol–water partition coefficient (Wildman–Crippen LogP) is 2.21. The van der Waals surface area contributed by atoms with Crippen molar-refractivity contribution in [2.24, 2.45) is 5.73 Å². The minimum Gasteiger partial charge on any atom is -0.370 e. The fraction of sp³-hybridized carbons (Fsp3) is 0.286. The Bertz CT molecular complexity index is 496. The van der Waals surface area contributed by atoms with Crippen molar-refractivity contribution < 1.29 is 0 Å². The molecule has 0 fully saturated rings. The first-order valence-corrected chi connectivity index (χ1v) is 6.14. The van der Waals surface area contributed by atoms with Crippen LogP contribution >= 0.6 is 0 Å². The first kappa shape index (κ1) is 12.5. The molecule has 1 aromatic carbocycles. The Morgan fingerprint density at radius 2 is 1.94 bits per heavy atom. The summed E-state index contributed by atoms with van der Waals surface area (Å²) >= 11 is 0. The third kappa shape index (κ3) is 3.28. The van der Waals surface area contributed by atoms with E-state index in [4.69, 9.17) is 5.73 Å². The summed E-state index contributed by atoms with van der Waals surface area (Å²) in [4.78, 5) is 8.82. The highest BCUT2D eigenvalue weighted by Crippen LogP contribution is 2.19. The van der Waals surface area contributed by atoms with E-state index in [9.17, 15) is 0 Å². The zero-order valence-corrected chi connectivity index (χ0v) is 10.6. The van der Waals surface area contributed by atoms with Crippen LogP contribution in [0, 0.1) is 6.92 Å². The van der Waals surface area contributed by atoms with Gasteiger partial charge in [0.1, 0.15) is 11.6 Å². The molecule has 4 nitrogen and oxygen atoms in total. The van der Waals surface area contributed by atoms with Gasteiger partial charge in [0.15, 0.2) is 0 Å². The Labute approximate surface area is 107 Å². The van der Waals surface area contributed by atoms with Gasteiger partial charge in [0.2, 0.25) is 0 Å². The average molecular weight is 242 g/mol. The summed E-state index contributed by atoms with van der Waals surface area (Å²) in [5.74, 6) is 1.63. The molecule has 1 heterocycles. The van der Waals surface area contributed by atoms with Gasteiger partial charge in [0.05, 0.1) is 5.69 Å². The lowest BCUT2D eigenvalue weighted by atomic mass is 10.1. The van der Waals surface area contributed by atoms with Crippen LogP contribution in [0.1, 0.15) is 12.2 Å². The number of nitrogens with two attached hydrogens (primary N) is 1. The Kier molecular flexibility index (Phi) is 4.25. The molecule has 4 heteroatoms. The SMILES string of the molecule is Cc1nc(NCCCN)cc(-c2ccccc2)n1. The topological polar surface area (TPSA) is 63.8 Å². The first-order chi connectivity index (χ1) is 8.79. The quantitative estimate of drug-likeness (QED) is 0.789. The van der Waals surface area contributed by atoms with Gasteiger partial charge in [0.25, 0.3) is 0 Å². The molecule has 0 spiro atoms. The van der Waals surface area contributed by atoms with Crippen LogP contribution in [0.5, 0.6) is 0 Å². The molecule has 0 unspecified atom stereocenters. The van der Waals surface area contributed by atoms with E-state index in [1.807, 2.05) is 43.3 Å². The molecule has 18 heavy (non-hydrogen) atoms. The molecular formula is C14H18N4. The van der Waals surface area contributed by atoms with Gasteiger partial charge in [-0.25, -0.2) is 9.97 Å². The number of aromatic nitrogens is 2. The maximum atomic E-state index is 5.47. The van der Waals surface area contributed by atoms with Crippen LogP contribution in [-0.2, 0) is 0 Å². The third-order valence-corrected chi connectivity index (χ3v) is 2.59. The summed E-state index contributed by atoms with van der Waals surface area (Å²) in [6.45, 7) is 3.42. The second kappa shape index (κ2) is 6.12. The van der Waals surface area contributed by atoms with Gasteiger partial charge in [-0.3, -0.25) is 0 Å². The normalized spacial score (nSPS) is 10.3. The molecule has 2 aromatic rings. The van der Waals surface area contributed by atoms with Crippen molar-refractivity contribution in [1.82, 2.24) is 9.97 Å². The largest absolute Gasteiger partial charge is 0.370 e. The van der Waals surface area contributed by atoms with Crippen LogP contribution in [0.25, 0.3) is 11.3 Å². The fourth-order valence-electron chi connectivity index (χ4n) is 1.73. The van der Waals surface area contributed by atoms with Crippen molar-refractivity contribution in [2.75, 3.05) is 18.4 Å².